The van der Waals surface area contributed by atoms with Crippen molar-refractivity contribution in [1.29, 1.82) is 0 Å². The molecular formula is C21H17NO3S2. The molecule has 136 valence electrons. The molecular weight excluding hydrogens is 378 g/mol. The van der Waals surface area contributed by atoms with E-state index in [2.05, 4.69) is 6.58 Å². The lowest BCUT2D eigenvalue weighted by atomic mass is 10.1. The number of thioether (sulfide) groups is 1. The Hall–Kier alpha value is -2.70. The van der Waals surface area contributed by atoms with Gasteiger partial charge >= 0.3 is 5.97 Å². The highest BCUT2D eigenvalue weighted by atomic mass is 32.2. The van der Waals surface area contributed by atoms with Gasteiger partial charge in [0.15, 0.2) is 0 Å². The van der Waals surface area contributed by atoms with E-state index in [-0.39, 0.29) is 5.91 Å². The van der Waals surface area contributed by atoms with Gasteiger partial charge in [0.05, 0.1) is 10.5 Å². The Labute approximate surface area is 167 Å². The zero-order chi connectivity index (χ0) is 19.4. The molecule has 0 aromatic heterocycles. The van der Waals surface area contributed by atoms with Crippen LogP contribution in [0.5, 0.6) is 5.75 Å². The number of hydrogen-bond donors (Lipinski definition) is 0. The van der Waals surface area contributed by atoms with E-state index in [0.717, 1.165) is 11.1 Å². The summed E-state index contributed by atoms with van der Waals surface area (Å²) >= 11 is 6.49. The van der Waals surface area contributed by atoms with Crippen LogP contribution in [0.2, 0.25) is 0 Å². The van der Waals surface area contributed by atoms with E-state index in [0.29, 0.717) is 27.1 Å². The van der Waals surface area contributed by atoms with Gasteiger partial charge in [-0.15, -0.1) is 6.58 Å². The van der Waals surface area contributed by atoms with Crippen LogP contribution in [0, 0.1) is 6.92 Å². The van der Waals surface area contributed by atoms with Gasteiger partial charge in [-0.1, -0.05) is 59.9 Å². The molecule has 0 radical (unpaired) electrons. The summed E-state index contributed by atoms with van der Waals surface area (Å²) in [6.07, 6.45) is 3.42. The molecule has 3 rings (SSSR count). The molecule has 0 unspecified atom stereocenters. The third kappa shape index (κ3) is 4.53. The summed E-state index contributed by atoms with van der Waals surface area (Å²) in [5, 5.41) is 0. The van der Waals surface area contributed by atoms with Crippen LogP contribution in [-0.2, 0) is 4.79 Å². The molecule has 27 heavy (non-hydrogen) atoms. The smallest absolute Gasteiger partial charge is 0.343 e. The van der Waals surface area contributed by atoms with Crippen LogP contribution in [0.25, 0.3) is 6.08 Å². The fourth-order valence-electron chi connectivity index (χ4n) is 2.43. The Kier molecular flexibility index (Phi) is 5.88. The highest BCUT2D eigenvalue weighted by molar-refractivity contribution is 8.26. The van der Waals surface area contributed by atoms with Crippen LogP contribution in [-0.4, -0.2) is 27.6 Å². The van der Waals surface area contributed by atoms with E-state index in [1.165, 1.54) is 16.7 Å². The van der Waals surface area contributed by atoms with Crippen molar-refractivity contribution in [2.24, 2.45) is 0 Å². The standard InChI is InChI=1S/C21H17NO3S2/c1-3-12-22-19(23)18(27-21(22)26)13-15-6-10-17(11-7-15)25-20(24)16-8-4-14(2)5-9-16/h3-11,13H,1,12H2,2H3/b18-13-. The van der Waals surface area contributed by atoms with E-state index >= 15 is 0 Å². The molecule has 0 saturated carbocycles. The summed E-state index contributed by atoms with van der Waals surface area (Å²) in [4.78, 5) is 26.6. The number of carbonyl (C=O) groups is 2. The number of hydrogen-bond acceptors (Lipinski definition) is 5. The number of esters is 1. The molecule has 1 heterocycles. The zero-order valence-corrected chi connectivity index (χ0v) is 16.3. The van der Waals surface area contributed by atoms with Gasteiger partial charge in [0.2, 0.25) is 0 Å². The minimum atomic E-state index is -0.409. The first kappa shape index (κ1) is 19.1. The van der Waals surface area contributed by atoms with Gasteiger partial charge in [-0.2, -0.15) is 0 Å². The first-order valence-electron chi connectivity index (χ1n) is 8.23. The summed E-state index contributed by atoms with van der Waals surface area (Å²) in [6.45, 7) is 5.99. The maximum absolute atomic E-state index is 12.3. The Morgan fingerprint density at radius 1 is 1.19 bits per heavy atom. The van der Waals surface area contributed by atoms with Crippen LogP contribution in [0.1, 0.15) is 21.5 Å². The first-order valence-corrected chi connectivity index (χ1v) is 9.45. The van der Waals surface area contributed by atoms with Crippen molar-refractivity contribution in [1.82, 2.24) is 4.90 Å². The monoisotopic (exact) mass is 395 g/mol. The molecule has 0 aliphatic carbocycles. The highest BCUT2D eigenvalue weighted by Crippen LogP contribution is 2.32. The van der Waals surface area contributed by atoms with Gasteiger partial charge in [0.25, 0.3) is 5.91 Å². The van der Waals surface area contributed by atoms with Crippen LogP contribution in [0.15, 0.2) is 66.1 Å². The summed E-state index contributed by atoms with van der Waals surface area (Å²) in [5.74, 6) is -0.0928. The third-order valence-electron chi connectivity index (χ3n) is 3.86. The number of benzene rings is 2. The number of thiocarbonyl (C=S) groups is 1. The van der Waals surface area contributed by atoms with Crippen LogP contribution in [0.3, 0.4) is 0 Å². The van der Waals surface area contributed by atoms with Crippen molar-refractivity contribution in [2.75, 3.05) is 6.54 Å². The molecule has 0 bridgehead atoms. The number of carbonyl (C=O) groups excluding carboxylic acids is 2. The lowest BCUT2D eigenvalue weighted by molar-refractivity contribution is -0.121. The van der Waals surface area contributed by atoms with Crippen molar-refractivity contribution in [3.63, 3.8) is 0 Å². The molecule has 1 saturated heterocycles. The van der Waals surface area contributed by atoms with Gasteiger partial charge in [0, 0.05) is 6.54 Å². The molecule has 2 aromatic carbocycles. The molecule has 0 N–H and O–H groups in total. The molecule has 0 spiro atoms. The van der Waals surface area contributed by atoms with Gasteiger partial charge < -0.3 is 4.74 Å². The second kappa shape index (κ2) is 8.33. The highest BCUT2D eigenvalue weighted by Gasteiger charge is 2.30. The average molecular weight is 396 g/mol. The lowest BCUT2D eigenvalue weighted by Crippen LogP contribution is -2.27. The van der Waals surface area contributed by atoms with Gasteiger partial charge in [0.1, 0.15) is 10.1 Å². The van der Waals surface area contributed by atoms with Gasteiger partial charge in [-0.3, -0.25) is 9.69 Å². The Balaban J connectivity index is 1.69. The average Bonchev–Trinajstić information content (AvgIpc) is 2.91. The first-order chi connectivity index (χ1) is 13.0. The number of rotatable bonds is 5. The fraction of sp³-hybridized carbons (Fsp3) is 0.0952. The van der Waals surface area contributed by atoms with Crippen molar-refractivity contribution in [3.8, 4) is 5.75 Å². The van der Waals surface area contributed by atoms with E-state index in [4.69, 9.17) is 17.0 Å². The van der Waals surface area contributed by atoms with Crippen LogP contribution in [0.4, 0.5) is 0 Å². The Bertz CT molecular complexity index is 931. The predicted molar refractivity (Wildman–Crippen MR) is 113 cm³/mol. The van der Waals surface area contributed by atoms with E-state index in [1.54, 1.807) is 48.6 Å². The van der Waals surface area contributed by atoms with E-state index in [1.807, 2.05) is 19.1 Å². The Morgan fingerprint density at radius 3 is 2.48 bits per heavy atom. The molecule has 4 nitrogen and oxygen atoms in total. The second-order valence-corrected chi connectivity index (χ2v) is 7.58. The number of nitrogens with zero attached hydrogens (tertiary/aromatic N) is 1. The molecule has 2 aromatic rings. The maximum Gasteiger partial charge on any atom is 0.343 e. The minimum Gasteiger partial charge on any atom is -0.423 e. The van der Waals surface area contributed by atoms with Gasteiger partial charge in [-0.05, 0) is 42.8 Å². The molecule has 1 fully saturated rings. The summed E-state index contributed by atoms with van der Waals surface area (Å²) in [7, 11) is 0. The van der Waals surface area contributed by atoms with Crippen molar-refractivity contribution < 1.29 is 14.3 Å². The second-order valence-electron chi connectivity index (χ2n) is 5.91. The normalized spacial score (nSPS) is 15.3. The van der Waals surface area contributed by atoms with Crippen molar-refractivity contribution in [2.45, 2.75) is 6.92 Å². The topological polar surface area (TPSA) is 46.6 Å². The van der Waals surface area contributed by atoms with Gasteiger partial charge in [-0.25, -0.2) is 4.79 Å². The van der Waals surface area contributed by atoms with Crippen LogP contribution >= 0.6 is 24.0 Å². The van der Waals surface area contributed by atoms with Crippen molar-refractivity contribution in [3.05, 3.63) is 82.8 Å². The molecule has 1 aliphatic heterocycles. The Morgan fingerprint density at radius 2 is 1.85 bits per heavy atom. The maximum atomic E-state index is 12.3. The largest absolute Gasteiger partial charge is 0.423 e. The summed E-state index contributed by atoms with van der Waals surface area (Å²) in [5.41, 5.74) is 2.40. The quantitative estimate of drug-likeness (QED) is 0.243. The molecule has 6 heteroatoms. The SMILES string of the molecule is C=CCN1C(=O)/C(=C/c2ccc(OC(=O)c3ccc(C)cc3)cc2)SC1=S. The molecule has 0 atom stereocenters. The van der Waals surface area contributed by atoms with E-state index < -0.39 is 5.97 Å². The lowest BCUT2D eigenvalue weighted by Gasteiger charge is -2.10. The molecule has 1 aliphatic rings. The summed E-state index contributed by atoms with van der Waals surface area (Å²) < 4.78 is 5.90. The van der Waals surface area contributed by atoms with Crippen molar-refractivity contribution >= 4 is 46.3 Å². The van der Waals surface area contributed by atoms with E-state index in [9.17, 15) is 9.59 Å². The number of aryl methyl sites for hydroxylation is 1. The fourth-order valence-corrected chi connectivity index (χ4v) is 3.70. The minimum absolute atomic E-state index is 0.125. The van der Waals surface area contributed by atoms with Crippen LogP contribution < -0.4 is 4.74 Å². The number of ether oxygens (including phenoxy) is 1. The zero-order valence-electron chi connectivity index (χ0n) is 14.7. The predicted octanol–water partition coefficient (Wildman–Crippen LogP) is 4.60. The number of amides is 1. The molecule has 1 amide bonds. The third-order valence-corrected chi connectivity index (χ3v) is 5.24. The summed E-state index contributed by atoms with van der Waals surface area (Å²) in [6, 6.07) is 14.2.